The molecule has 2 aromatic rings. The molecule has 0 spiro atoms. The van der Waals surface area contributed by atoms with Gasteiger partial charge in [-0.3, -0.25) is 4.90 Å². The van der Waals surface area contributed by atoms with Gasteiger partial charge in [0.05, 0.1) is 0 Å². The third-order valence-corrected chi connectivity index (χ3v) is 6.34. The fraction of sp³-hybridized carbons (Fsp3) is 0.500. The molecule has 0 aromatic heterocycles. The summed E-state index contributed by atoms with van der Waals surface area (Å²) < 4.78 is 0. The molecule has 1 aliphatic carbocycles. The van der Waals surface area contributed by atoms with Gasteiger partial charge in [-0.1, -0.05) is 68.4 Å². The summed E-state index contributed by atoms with van der Waals surface area (Å²) >= 11 is 0. The molecule has 1 N–H and O–H groups in total. The van der Waals surface area contributed by atoms with Gasteiger partial charge in [0, 0.05) is 31.7 Å². The van der Waals surface area contributed by atoms with E-state index in [0.717, 1.165) is 24.9 Å². The molecule has 2 nitrogen and oxygen atoms in total. The first-order valence-corrected chi connectivity index (χ1v) is 10.3. The summed E-state index contributed by atoms with van der Waals surface area (Å²) in [5.41, 5.74) is 4.51. The summed E-state index contributed by atoms with van der Waals surface area (Å²) in [5.74, 6) is 1.54. The Balaban J connectivity index is 1.39. The van der Waals surface area contributed by atoms with Crippen LogP contribution in [0.25, 0.3) is 0 Å². The van der Waals surface area contributed by atoms with E-state index in [1.54, 1.807) is 0 Å². The van der Waals surface area contributed by atoms with Gasteiger partial charge in [-0.2, -0.15) is 0 Å². The van der Waals surface area contributed by atoms with Crippen molar-refractivity contribution in [1.82, 2.24) is 10.2 Å². The van der Waals surface area contributed by atoms with Gasteiger partial charge in [-0.15, -0.1) is 0 Å². The van der Waals surface area contributed by atoms with Crippen LogP contribution in [-0.4, -0.2) is 30.1 Å². The molecule has 3 unspecified atom stereocenters. The summed E-state index contributed by atoms with van der Waals surface area (Å²) in [4.78, 5) is 2.73. The third-order valence-electron chi connectivity index (χ3n) is 6.34. The van der Waals surface area contributed by atoms with Crippen LogP contribution in [0.1, 0.15) is 37.0 Å². The number of rotatable bonds is 5. The van der Waals surface area contributed by atoms with Gasteiger partial charge >= 0.3 is 0 Å². The molecule has 2 aliphatic rings. The topological polar surface area (TPSA) is 15.3 Å². The van der Waals surface area contributed by atoms with Crippen molar-refractivity contribution in [2.24, 2.45) is 11.8 Å². The zero-order valence-corrected chi connectivity index (χ0v) is 16.2. The van der Waals surface area contributed by atoms with Crippen LogP contribution >= 0.6 is 0 Å². The SMILES string of the molecule is CC1CC(C)C(CNC2Cc3ccccc3C2)N(Cc2ccccc2)C1. The smallest absolute Gasteiger partial charge is 0.0250 e. The van der Waals surface area contributed by atoms with Gasteiger partial charge < -0.3 is 5.32 Å². The summed E-state index contributed by atoms with van der Waals surface area (Å²) in [6.45, 7) is 8.26. The van der Waals surface area contributed by atoms with Crippen LogP contribution < -0.4 is 5.32 Å². The monoisotopic (exact) mass is 348 g/mol. The molecule has 0 amide bonds. The van der Waals surface area contributed by atoms with Crippen LogP contribution in [0.15, 0.2) is 54.6 Å². The maximum absolute atomic E-state index is 3.92. The third kappa shape index (κ3) is 4.02. The van der Waals surface area contributed by atoms with E-state index in [1.807, 2.05) is 0 Å². The second-order valence-corrected chi connectivity index (χ2v) is 8.58. The van der Waals surface area contributed by atoms with Crippen molar-refractivity contribution in [2.45, 2.75) is 51.7 Å². The molecule has 2 heteroatoms. The van der Waals surface area contributed by atoms with Gasteiger partial charge in [0.1, 0.15) is 0 Å². The van der Waals surface area contributed by atoms with Crippen LogP contribution in [0.5, 0.6) is 0 Å². The van der Waals surface area contributed by atoms with Gasteiger partial charge in [0.25, 0.3) is 0 Å². The lowest BCUT2D eigenvalue weighted by Crippen LogP contribution is -2.52. The molecule has 1 aliphatic heterocycles. The molecule has 4 rings (SSSR count). The Bertz CT molecular complexity index is 686. The van der Waals surface area contributed by atoms with E-state index in [0.29, 0.717) is 12.1 Å². The van der Waals surface area contributed by atoms with E-state index >= 15 is 0 Å². The highest BCUT2D eigenvalue weighted by molar-refractivity contribution is 5.33. The number of hydrogen-bond donors (Lipinski definition) is 1. The second kappa shape index (κ2) is 7.94. The van der Waals surface area contributed by atoms with Crippen LogP contribution in [0.4, 0.5) is 0 Å². The lowest BCUT2D eigenvalue weighted by atomic mass is 9.84. The number of nitrogens with zero attached hydrogens (tertiary/aromatic N) is 1. The molecular formula is C24H32N2. The summed E-state index contributed by atoms with van der Waals surface area (Å²) in [5, 5.41) is 3.92. The van der Waals surface area contributed by atoms with Crippen LogP contribution in [-0.2, 0) is 19.4 Å². The molecule has 2 aromatic carbocycles. The van der Waals surface area contributed by atoms with Crippen LogP contribution in [0.3, 0.4) is 0 Å². The zero-order chi connectivity index (χ0) is 17.9. The predicted octanol–water partition coefficient (Wildman–Crippen LogP) is 4.29. The Morgan fingerprint density at radius 1 is 0.923 bits per heavy atom. The van der Waals surface area contributed by atoms with E-state index < -0.39 is 0 Å². The normalized spacial score (nSPS) is 26.8. The molecule has 26 heavy (non-hydrogen) atoms. The molecule has 3 atom stereocenters. The molecule has 138 valence electrons. The first kappa shape index (κ1) is 17.8. The maximum atomic E-state index is 3.92. The van der Waals surface area contributed by atoms with Gasteiger partial charge in [-0.25, -0.2) is 0 Å². The highest BCUT2D eigenvalue weighted by atomic mass is 15.2. The van der Waals surface area contributed by atoms with Gasteiger partial charge in [0.15, 0.2) is 0 Å². The van der Waals surface area contributed by atoms with E-state index in [9.17, 15) is 0 Å². The Morgan fingerprint density at radius 2 is 1.58 bits per heavy atom. The number of likely N-dealkylation sites (tertiary alicyclic amines) is 1. The molecule has 1 saturated heterocycles. The zero-order valence-electron chi connectivity index (χ0n) is 16.2. The van der Waals surface area contributed by atoms with Crippen molar-refractivity contribution < 1.29 is 0 Å². The van der Waals surface area contributed by atoms with E-state index in [1.165, 1.54) is 42.5 Å². The molecule has 1 heterocycles. The molecule has 1 fully saturated rings. The van der Waals surface area contributed by atoms with Gasteiger partial charge in [0.2, 0.25) is 0 Å². The predicted molar refractivity (Wildman–Crippen MR) is 109 cm³/mol. The molecule has 0 radical (unpaired) electrons. The Hall–Kier alpha value is -1.64. The van der Waals surface area contributed by atoms with Crippen LogP contribution in [0, 0.1) is 11.8 Å². The lowest BCUT2D eigenvalue weighted by Gasteiger charge is -2.43. The van der Waals surface area contributed by atoms with Crippen molar-refractivity contribution in [3.8, 4) is 0 Å². The number of piperidine rings is 1. The van der Waals surface area contributed by atoms with Crippen LogP contribution in [0.2, 0.25) is 0 Å². The Morgan fingerprint density at radius 3 is 2.27 bits per heavy atom. The number of benzene rings is 2. The highest BCUT2D eigenvalue weighted by Gasteiger charge is 2.32. The maximum Gasteiger partial charge on any atom is 0.0250 e. The molecule has 0 bridgehead atoms. The van der Waals surface area contributed by atoms with Crippen molar-refractivity contribution in [3.05, 3.63) is 71.3 Å². The minimum absolute atomic E-state index is 0.609. The van der Waals surface area contributed by atoms with Crippen molar-refractivity contribution in [3.63, 3.8) is 0 Å². The van der Waals surface area contributed by atoms with E-state index in [4.69, 9.17) is 0 Å². The molecular weight excluding hydrogens is 316 g/mol. The fourth-order valence-electron chi connectivity index (χ4n) is 5.08. The average molecular weight is 349 g/mol. The minimum Gasteiger partial charge on any atom is -0.312 e. The second-order valence-electron chi connectivity index (χ2n) is 8.58. The minimum atomic E-state index is 0.609. The Kier molecular flexibility index (Phi) is 5.42. The van der Waals surface area contributed by atoms with Gasteiger partial charge in [-0.05, 0) is 47.8 Å². The standard InChI is InChI=1S/C24H32N2/c1-18-12-19(2)24(26(16-18)17-20-8-4-3-5-9-20)15-25-23-13-21-10-6-7-11-22(21)14-23/h3-11,18-19,23-25H,12-17H2,1-2H3. The number of fused-ring (bicyclic) bond motifs is 1. The average Bonchev–Trinajstić information content (AvgIpc) is 3.04. The number of nitrogens with one attached hydrogen (secondary N) is 1. The van der Waals surface area contributed by atoms with Crippen molar-refractivity contribution in [1.29, 1.82) is 0 Å². The van der Waals surface area contributed by atoms with Crippen molar-refractivity contribution in [2.75, 3.05) is 13.1 Å². The number of hydrogen-bond acceptors (Lipinski definition) is 2. The first-order valence-electron chi connectivity index (χ1n) is 10.3. The largest absolute Gasteiger partial charge is 0.312 e. The van der Waals surface area contributed by atoms with Crippen molar-refractivity contribution >= 4 is 0 Å². The first-order chi connectivity index (χ1) is 12.7. The fourth-order valence-corrected chi connectivity index (χ4v) is 5.08. The molecule has 0 saturated carbocycles. The van der Waals surface area contributed by atoms with E-state index in [2.05, 4.69) is 78.7 Å². The summed E-state index contributed by atoms with van der Waals surface area (Å²) in [6, 6.07) is 21.2. The highest BCUT2D eigenvalue weighted by Crippen LogP contribution is 2.29. The summed E-state index contributed by atoms with van der Waals surface area (Å²) in [6.07, 6.45) is 3.72. The summed E-state index contributed by atoms with van der Waals surface area (Å²) in [7, 11) is 0. The Labute approximate surface area is 158 Å². The lowest BCUT2D eigenvalue weighted by molar-refractivity contribution is 0.0598. The van der Waals surface area contributed by atoms with E-state index in [-0.39, 0.29) is 0 Å². The quantitative estimate of drug-likeness (QED) is 0.867.